The van der Waals surface area contributed by atoms with Crippen LogP contribution >= 0.6 is 0 Å². The molecule has 1 aromatic carbocycles. The molecule has 1 aromatic rings. The van der Waals surface area contributed by atoms with Crippen LogP contribution in [-0.2, 0) is 14.3 Å². The lowest BCUT2D eigenvalue weighted by atomic mass is 9.79. The van der Waals surface area contributed by atoms with Gasteiger partial charge in [-0.15, -0.1) is 0 Å². The number of hydrogen-bond acceptors (Lipinski definition) is 9. The van der Waals surface area contributed by atoms with E-state index in [0.717, 1.165) is 51.4 Å². The van der Waals surface area contributed by atoms with Gasteiger partial charge in [-0.1, -0.05) is 30.3 Å². The van der Waals surface area contributed by atoms with Crippen molar-refractivity contribution in [2.24, 2.45) is 0 Å². The van der Waals surface area contributed by atoms with E-state index in [2.05, 4.69) is 21.2 Å². The van der Waals surface area contributed by atoms with Crippen molar-refractivity contribution in [2.45, 2.75) is 56.7 Å². The van der Waals surface area contributed by atoms with Crippen molar-refractivity contribution in [3.63, 3.8) is 0 Å². The lowest BCUT2D eigenvalue weighted by molar-refractivity contribution is -0.128. The number of piperazine rings is 1. The van der Waals surface area contributed by atoms with E-state index >= 15 is 0 Å². The third-order valence-corrected chi connectivity index (χ3v) is 8.10. The zero-order valence-corrected chi connectivity index (χ0v) is 23.4. The number of carbonyl (C=O) groups is 2. The SMILES string of the molecule is CC(C)(C=C(C#N)C(=O)N1CCC[C@@H]1COC(=O)N[C@H](CB(O)O)c1ccccc1)N1CCN(C2COC2)CC1. The highest BCUT2D eigenvalue weighted by Gasteiger charge is 2.36. The van der Waals surface area contributed by atoms with E-state index in [1.54, 1.807) is 35.2 Å². The Morgan fingerprint density at radius 1 is 1.20 bits per heavy atom. The second-order valence-corrected chi connectivity index (χ2v) is 11.3. The minimum Gasteiger partial charge on any atom is -0.447 e. The predicted octanol–water partition coefficient (Wildman–Crippen LogP) is 1.16. The van der Waals surface area contributed by atoms with Gasteiger partial charge in [-0.3, -0.25) is 14.6 Å². The maximum absolute atomic E-state index is 13.4. The van der Waals surface area contributed by atoms with Crippen LogP contribution in [0.3, 0.4) is 0 Å². The van der Waals surface area contributed by atoms with Crippen molar-refractivity contribution < 1.29 is 29.1 Å². The first-order chi connectivity index (χ1) is 19.2. The summed E-state index contributed by atoms with van der Waals surface area (Å²) in [6.07, 6.45) is 2.37. The minimum absolute atomic E-state index is 0.0182. The molecule has 3 fully saturated rings. The van der Waals surface area contributed by atoms with Gasteiger partial charge in [0, 0.05) is 44.6 Å². The Morgan fingerprint density at radius 2 is 1.90 bits per heavy atom. The molecule has 0 bridgehead atoms. The number of benzene rings is 1. The lowest BCUT2D eigenvalue weighted by Crippen LogP contribution is -2.59. The molecule has 0 radical (unpaired) electrons. The smallest absolute Gasteiger partial charge is 0.447 e. The number of hydrogen-bond donors (Lipinski definition) is 3. The third-order valence-electron chi connectivity index (χ3n) is 8.10. The Kier molecular flexibility index (Phi) is 10.2. The monoisotopic (exact) mass is 553 g/mol. The number of likely N-dealkylation sites (tertiary alicyclic amines) is 1. The van der Waals surface area contributed by atoms with E-state index in [1.807, 2.05) is 19.9 Å². The Morgan fingerprint density at radius 3 is 2.50 bits per heavy atom. The average Bonchev–Trinajstić information content (AvgIpc) is 3.38. The highest BCUT2D eigenvalue weighted by Crippen LogP contribution is 2.25. The van der Waals surface area contributed by atoms with E-state index in [0.29, 0.717) is 19.0 Å². The first-order valence-electron chi connectivity index (χ1n) is 14.0. The fourth-order valence-corrected chi connectivity index (χ4v) is 5.65. The standard InChI is InChI=1S/C28H40BN5O6/c1-28(2,33-13-11-32(12-14-33)24-18-39-19-24)15-22(17-30)26(35)34-10-6-9-23(34)20-40-27(36)31-25(16-29(37)38)21-7-4-3-5-8-21/h3-5,7-8,15,23-25,37-38H,6,9-14,16,18-20H2,1-2H3,(H,31,36)/t23-,25-/m1/s1. The number of nitrogens with zero attached hydrogens (tertiary/aromatic N) is 4. The van der Waals surface area contributed by atoms with Crippen LogP contribution in [0.1, 0.15) is 38.3 Å². The third kappa shape index (κ3) is 7.62. The number of alkyl carbamates (subject to hydrolysis) is 1. The summed E-state index contributed by atoms with van der Waals surface area (Å²) in [4.78, 5) is 32.4. The molecule has 216 valence electrons. The van der Waals surface area contributed by atoms with E-state index in [1.165, 1.54) is 0 Å². The Hall–Kier alpha value is -2.95. The Balaban J connectivity index is 1.33. The van der Waals surface area contributed by atoms with E-state index < -0.39 is 24.8 Å². The first-order valence-corrected chi connectivity index (χ1v) is 14.0. The zero-order chi connectivity index (χ0) is 28.7. The van der Waals surface area contributed by atoms with Gasteiger partial charge in [0.05, 0.1) is 31.3 Å². The summed E-state index contributed by atoms with van der Waals surface area (Å²) in [5.41, 5.74) is 0.338. The summed E-state index contributed by atoms with van der Waals surface area (Å²) in [6, 6.07) is 10.6. The second kappa shape index (κ2) is 13.6. The van der Waals surface area contributed by atoms with Crippen molar-refractivity contribution in [3.05, 3.63) is 47.5 Å². The van der Waals surface area contributed by atoms with Gasteiger partial charge >= 0.3 is 13.2 Å². The van der Waals surface area contributed by atoms with E-state index in [4.69, 9.17) is 9.47 Å². The largest absolute Gasteiger partial charge is 0.453 e. The van der Waals surface area contributed by atoms with E-state index in [-0.39, 0.29) is 30.4 Å². The molecule has 3 saturated heterocycles. The van der Waals surface area contributed by atoms with Crippen molar-refractivity contribution in [2.75, 3.05) is 52.5 Å². The number of nitriles is 1. The summed E-state index contributed by atoms with van der Waals surface area (Å²) in [6.45, 7) is 9.65. The van der Waals surface area contributed by atoms with Crippen LogP contribution in [0.25, 0.3) is 0 Å². The molecule has 12 heteroatoms. The van der Waals surface area contributed by atoms with Crippen LogP contribution in [0.5, 0.6) is 0 Å². The van der Waals surface area contributed by atoms with Crippen LogP contribution in [-0.4, -0.2) is 114 Å². The van der Waals surface area contributed by atoms with Gasteiger partial charge in [-0.2, -0.15) is 5.26 Å². The quantitative estimate of drug-likeness (QED) is 0.221. The van der Waals surface area contributed by atoms with Gasteiger partial charge in [0.2, 0.25) is 0 Å². The number of nitrogens with one attached hydrogen (secondary N) is 1. The Labute approximate surface area is 236 Å². The first kappa shape index (κ1) is 30.0. The summed E-state index contributed by atoms with van der Waals surface area (Å²) in [7, 11) is -1.60. The summed E-state index contributed by atoms with van der Waals surface area (Å²) in [5, 5.41) is 31.5. The van der Waals surface area contributed by atoms with Crippen LogP contribution in [0.4, 0.5) is 4.79 Å². The fourth-order valence-electron chi connectivity index (χ4n) is 5.65. The number of ether oxygens (including phenoxy) is 2. The molecule has 0 aromatic heterocycles. The molecule has 0 saturated carbocycles. The number of rotatable bonds is 10. The van der Waals surface area contributed by atoms with Gasteiger partial charge in [-0.05, 0) is 38.3 Å². The highest BCUT2D eigenvalue weighted by molar-refractivity contribution is 6.41. The summed E-state index contributed by atoms with van der Waals surface area (Å²) < 4.78 is 10.8. The Bertz CT molecular complexity index is 1080. The molecule has 11 nitrogen and oxygen atoms in total. The predicted molar refractivity (Wildman–Crippen MR) is 149 cm³/mol. The van der Waals surface area contributed by atoms with Gasteiger partial charge < -0.3 is 29.7 Å². The maximum atomic E-state index is 13.4. The molecule has 0 unspecified atom stereocenters. The lowest BCUT2D eigenvalue weighted by Gasteiger charge is -2.46. The number of carbonyl (C=O) groups excluding carboxylic acids is 2. The van der Waals surface area contributed by atoms with Gasteiger partial charge in [0.1, 0.15) is 18.2 Å². The maximum Gasteiger partial charge on any atom is 0.453 e. The van der Waals surface area contributed by atoms with Crippen LogP contribution < -0.4 is 5.32 Å². The van der Waals surface area contributed by atoms with Crippen molar-refractivity contribution in [1.29, 1.82) is 5.26 Å². The van der Waals surface area contributed by atoms with Crippen molar-refractivity contribution in [1.82, 2.24) is 20.0 Å². The van der Waals surface area contributed by atoms with Crippen LogP contribution in [0, 0.1) is 11.3 Å². The average molecular weight is 553 g/mol. The van der Waals surface area contributed by atoms with Crippen LogP contribution in [0.15, 0.2) is 42.0 Å². The molecular weight excluding hydrogens is 513 g/mol. The minimum atomic E-state index is -1.60. The second-order valence-electron chi connectivity index (χ2n) is 11.3. The van der Waals surface area contributed by atoms with Crippen molar-refractivity contribution in [3.8, 4) is 6.07 Å². The molecule has 3 N–H and O–H groups in total. The molecule has 3 aliphatic heterocycles. The molecular formula is C28H40BN5O6. The van der Waals surface area contributed by atoms with Gasteiger partial charge in [0.15, 0.2) is 0 Å². The topological polar surface area (TPSA) is 139 Å². The fraction of sp³-hybridized carbons (Fsp3) is 0.607. The summed E-state index contributed by atoms with van der Waals surface area (Å²) >= 11 is 0. The van der Waals surface area contributed by atoms with Gasteiger partial charge in [-0.25, -0.2) is 4.79 Å². The molecule has 0 spiro atoms. The molecule has 40 heavy (non-hydrogen) atoms. The van der Waals surface area contributed by atoms with Gasteiger partial charge in [0.25, 0.3) is 5.91 Å². The number of amides is 2. The molecule has 3 aliphatic rings. The molecule has 4 rings (SSSR count). The zero-order valence-electron chi connectivity index (χ0n) is 23.4. The molecule has 2 atom stereocenters. The molecule has 2 amide bonds. The highest BCUT2D eigenvalue weighted by atomic mass is 16.5. The van der Waals surface area contributed by atoms with E-state index in [9.17, 15) is 24.9 Å². The van der Waals surface area contributed by atoms with Crippen molar-refractivity contribution >= 4 is 19.1 Å². The molecule has 3 heterocycles. The summed E-state index contributed by atoms with van der Waals surface area (Å²) in [5.74, 6) is -0.349. The normalized spacial score (nSPS) is 21.8. The molecule has 0 aliphatic carbocycles. The van der Waals surface area contributed by atoms with Crippen LogP contribution in [0.2, 0.25) is 6.32 Å².